The number of anilines is 1. The number of amides is 3. The zero-order valence-corrected chi connectivity index (χ0v) is 19.2. The van der Waals surface area contributed by atoms with Crippen molar-refractivity contribution in [3.63, 3.8) is 0 Å². The predicted octanol–water partition coefficient (Wildman–Crippen LogP) is 5.60. The Morgan fingerprint density at radius 1 is 1.14 bits per heavy atom. The zero-order valence-electron chi connectivity index (χ0n) is 17.6. The lowest BCUT2D eigenvalue weighted by Gasteiger charge is -2.13. The number of carbonyl (C=O) groups is 3. The monoisotopic (exact) mass is 537 g/mol. The van der Waals surface area contributed by atoms with Crippen LogP contribution in [0.2, 0.25) is 5.02 Å². The number of imide groups is 1. The van der Waals surface area contributed by atoms with Gasteiger partial charge < -0.3 is 9.73 Å². The van der Waals surface area contributed by atoms with Crippen LogP contribution in [0.25, 0.3) is 17.4 Å². The summed E-state index contributed by atoms with van der Waals surface area (Å²) in [4.78, 5) is 48.0. The van der Waals surface area contributed by atoms with Gasteiger partial charge in [-0.1, -0.05) is 11.6 Å². The second-order valence-corrected chi connectivity index (χ2v) is 8.56. The Kier molecular flexibility index (Phi) is 6.86. The van der Waals surface area contributed by atoms with Crippen LogP contribution in [0, 0.1) is 27.6 Å². The van der Waals surface area contributed by atoms with E-state index in [9.17, 15) is 37.7 Å². The van der Waals surface area contributed by atoms with E-state index in [1.807, 2.05) is 5.32 Å². The Labute approximate surface area is 208 Å². The molecule has 2 heterocycles. The van der Waals surface area contributed by atoms with Crippen LogP contribution >= 0.6 is 23.4 Å². The van der Waals surface area contributed by atoms with Gasteiger partial charge in [-0.2, -0.15) is 0 Å². The van der Waals surface area contributed by atoms with Crippen molar-refractivity contribution in [2.24, 2.45) is 0 Å². The van der Waals surface area contributed by atoms with E-state index in [4.69, 9.17) is 16.0 Å². The number of benzene rings is 2. The lowest BCUT2D eigenvalue weighted by atomic mass is 10.1. The topological polar surface area (TPSA) is 123 Å². The molecule has 1 aromatic heterocycles. The molecule has 36 heavy (non-hydrogen) atoms. The minimum absolute atomic E-state index is 0.0992. The van der Waals surface area contributed by atoms with Gasteiger partial charge in [0.15, 0.2) is 17.5 Å². The molecule has 0 radical (unpaired) electrons. The number of non-ortho nitro benzene ring substituents is 1. The first-order valence-electron chi connectivity index (χ1n) is 9.78. The van der Waals surface area contributed by atoms with Gasteiger partial charge in [0.25, 0.3) is 16.8 Å². The molecule has 9 nitrogen and oxygen atoms in total. The Morgan fingerprint density at radius 3 is 2.61 bits per heavy atom. The van der Waals surface area contributed by atoms with Crippen LogP contribution in [0.3, 0.4) is 0 Å². The quantitative estimate of drug-likeness (QED) is 0.188. The van der Waals surface area contributed by atoms with Gasteiger partial charge in [0.05, 0.1) is 20.5 Å². The van der Waals surface area contributed by atoms with Crippen LogP contribution in [0.5, 0.6) is 0 Å². The molecule has 1 saturated heterocycles. The lowest BCUT2D eigenvalue weighted by molar-refractivity contribution is -0.384. The molecule has 1 aliphatic heterocycles. The molecule has 0 spiro atoms. The van der Waals surface area contributed by atoms with Crippen molar-refractivity contribution < 1.29 is 36.9 Å². The first kappa shape index (κ1) is 25.0. The molecule has 1 N–H and O–H groups in total. The molecule has 4 rings (SSSR count). The largest absolute Gasteiger partial charge is 0.457 e. The highest BCUT2D eigenvalue weighted by Gasteiger charge is 2.36. The third kappa shape index (κ3) is 4.97. The maximum Gasteiger partial charge on any atom is 0.294 e. The van der Waals surface area contributed by atoms with E-state index in [2.05, 4.69) is 0 Å². The minimum atomic E-state index is -1.79. The highest BCUT2D eigenvalue weighted by molar-refractivity contribution is 8.18. The van der Waals surface area contributed by atoms with E-state index in [1.165, 1.54) is 36.4 Å². The highest BCUT2D eigenvalue weighted by Crippen LogP contribution is 2.35. The number of furan rings is 1. The average molecular weight is 538 g/mol. The number of hydrogen-bond donors (Lipinski definition) is 1. The summed E-state index contributed by atoms with van der Waals surface area (Å²) in [6.45, 7) is -0.812. The van der Waals surface area contributed by atoms with Crippen LogP contribution in [0.4, 0.5) is 29.3 Å². The molecule has 1 fully saturated rings. The first-order chi connectivity index (χ1) is 17.0. The number of rotatable bonds is 6. The van der Waals surface area contributed by atoms with Gasteiger partial charge in [-0.05, 0) is 42.1 Å². The van der Waals surface area contributed by atoms with E-state index in [0.29, 0.717) is 22.7 Å². The molecule has 0 aliphatic carbocycles. The van der Waals surface area contributed by atoms with Gasteiger partial charge in [-0.3, -0.25) is 29.4 Å². The number of nitrogens with zero attached hydrogens (tertiary/aromatic N) is 2. The van der Waals surface area contributed by atoms with Crippen molar-refractivity contribution in [3.8, 4) is 11.3 Å². The molecule has 0 unspecified atom stereocenters. The van der Waals surface area contributed by atoms with Crippen molar-refractivity contribution in [2.45, 2.75) is 0 Å². The number of thioether (sulfide) groups is 1. The summed E-state index contributed by atoms with van der Waals surface area (Å²) in [6.07, 6.45) is 1.23. The Hall–Kier alpha value is -4.10. The van der Waals surface area contributed by atoms with Crippen LogP contribution < -0.4 is 5.32 Å². The van der Waals surface area contributed by atoms with Gasteiger partial charge in [-0.15, -0.1) is 0 Å². The Bertz CT molecular complexity index is 1480. The van der Waals surface area contributed by atoms with Gasteiger partial charge in [-0.25, -0.2) is 13.2 Å². The maximum atomic E-state index is 13.8. The molecule has 0 saturated carbocycles. The molecule has 14 heteroatoms. The van der Waals surface area contributed by atoms with Gasteiger partial charge in [0, 0.05) is 23.8 Å². The molecule has 0 atom stereocenters. The number of nitro benzene ring substituents is 1. The van der Waals surface area contributed by atoms with Crippen LogP contribution in [-0.4, -0.2) is 33.4 Å². The van der Waals surface area contributed by atoms with Crippen LogP contribution in [-0.2, 0) is 9.59 Å². The molecule has 2 aromatic carbocycles. The smallest absolute Gasteiger partial charge is 0.294 e. The molecule has 1 aliphatic rings. The fourth-order valence-corrected chi connectivity index (χ4v) is 4.14. The van der Waals surface area contributed by atoms with Crippen LogP contribution in [0.15, 0.2) is 51.8 Å². The summed E-state index contributed by atoms with van der Waals surface area (Å²) in [6, 6.07) is 8.08. The van der Waals surface area contributed by atoms with Gasteiger partial charge in [0.1, 0.15) is 18.1 Å². The number of hydrogen-bond acceptors (Lipinski definition) is 7. The van der Waals surface area contributed by atoms with E-state index in [1.54, 1.807) is 0 Å². The summed E-state index contributed by atoms with van der Waals surface area (Å²) in [5.74, 6) is -6.45. The van der Waals surface area contributed by atoms with E-state index >= 15 is 0 Å². The molecule has 184 valence electrons. The summed E-state index contributed by atoms with van der Waals surface area (Å²) < 4.78 is 45.7. The van der Waals surface area contributed by atoms with Gasteiger partial charge in [0.2, 0.25) is 5.91 Å². The first-order valence-corrected chi connectivity index (χ1v) is 11.0. The normalized spacial score (nSPS) is 14.6. The molecule has 3 amide bonds. The average Bonchev–Trinajstić information content (AvgIpc) is 3.39. The highest BCUT2D eigenvalue weighted by atomic mass is 35.5. The molecular formula is C22H11ClF3N3O6S. The molecular weight excluding hydrogens is 527 g/mol. The van der Waals surface area contributed by atoms with E-state index in [-0.39, 0.29) is 32.7 Å². The molecule has 3 aromatic rings. The lowest BCUT2D eigenvalue weighted by Crippen LogP contribution is -2.36. The Balaban J connectivity index is 1.49. The third-order valence-electron chi connectivity index (χ3n) is 4.81. The molecule has 0 bridgehead atoms. The summed E-state index contributed by atoms with van der Waals surface area (Å²) in [5.41, 5.74) is -0.640. The standard InChI is InChI=1S/C22H11ClF3N3O6S/c23-13-3-1-10(29(33)34)7-12(13)16-6-2-11(35-16)8-17-21(31)28(22(32)36-17)9-18(30)27-15-5-4-14(24)19(25)20(15)26/h1-8H,9H2,(H,27,30)/b17-8+. The van der Waals surface area contributed by atoms with Crippen molar-refractivity contribution in [3.05, 3.63) is 85.7 Å². The summed E-state index contributed by atoms with van der Waals surface area (Å²) in [7, 11) is 0. The second-order valence-electron chi connectivity index (χ2n) is 7.16. The number of nitrogens with one attached hydrogen (secondary N) is 1. The van der Waals surface area contributed by atoms with Crippen molar-refractivity contribution in [1.82, 2.24) is 4.90 Å². The maximum absolute atomic E-state index is 13.8. The Morgan fingerprint density at radius 2 is 1.89 bits per heavy atom. The van der Waals surface area contributed by atoms with E-state index < -0.39 is 51.7 Å². The van der Waals surface area contributed by atoms with Crippen LogP contribution in [0.1, 0.15) is 5.76 Å². The fourth-order valence-electron chi connectivity index (χ4n) is 3.11. The number of halogens is 4. The number of carbonyl (C=O) groups excluding carboxylic acids is 3. The zero-order chi connectivity index (χ0) is 26.1. The SMILES string of the molecule is O=C(CN1C(=O)S/C(=C/c2ccc(-c3cc([N+](=O)[O-])ccc3Cl)o2)C1=O)Nc1ccc(F)c(F)c1F. The minimum Gasteiger partial charge on any atom is -0.457 e. The van der Waals surface area contributed by atoms with E-state index in [0.717, 1.165) is 6.07 Å². The third-order valence-corrected chi connectivity index (χ3v) is 6.05. The van der Waals surface area contributed by atoms with Crippen molar-refractivity contribution in [2.75, 3.05) is 11.9 Å². The summed E-state index contributed by atoms with van der Waals surface area (Å²) >= 11 is 6.61. The number of nitro groups is 1. The summed E-state index contributed by atoms with van der Waals surface area (Å²) in [5, 5.41) is 12.4. The predicted molar refractivity (Wildman–Crippen MR) is 123 cm³/mol. The second kappa shape index (κ2) is 9.87. The van der Waals surface area contributed by atoms with Crippen molar-refractivity contribution >= 4 is 57.9 Å². The van der Waals surface area contributed by atoms with Gasteiger partial charge >= 0.3 is 0 Å². The fraction of sp³-hybridized carbons (Fsp3) is 0.0455. The van der Waals surface area contributed by atoms with Crippen molar-refractivity contribution in [1.29, 1.82) is 0 Å².